The fraction of sp³-hybridized carbons (Fsp3) is 0.565. The third-order valence-corrected chi connectivity index (χ3v) is 6.01. The van der Waals surface area contributed by atoms with Crippen molar-refractivity contribution in [2.45, 2.75) is 58.1 Å². The number of carbonyl (C=O) groups excluding carboxylic acids is 1. The predicted octanol–water partition coefficient (Wildman–Crippen LogP) is 3.12. The molecule has 0 saturated carbocycles. The second-order valence-electron chi connectivity index (χ2n) is 9.47. The number of hydrogen-bond acceptors (Lipinski definition) is 7. The van der Waals surface area contributed by atoms with Crippen molar-refractivity contribution in [1.29, 1.82) is 0 Å². The van der Waals surface area contributed by atoms with Gasteiger partial charge in [0.25, 0.3) is 5.91 Å². The highest BCUT2D eigenvalue weighted by Gasteiger charge is 2.40. The van der Waals surface area contributed by atoms with Crippen LogP contribution >= 0.6 is 0 Å². The molecule has 8 nitrogen and oxygen atoms in total. The molecule has 0 unspecified atom stereocenters. The quantitative estimate of drug-likeness (QED) is 0.759. The number of ether oxygens (including phenoxy) is 1. The van der Waals surface area contributed by atoms with Gasteiger partial charge in [-0.25, -0.2) is 9.97 Å². The van der Waals surface area contributed by atoms with Crippen LogP contribution in [0.1, 0.15) is 52.7 Å². The molecule has 2 aromatic heterocycles. The van der Waals surface area contributed by atoms with Crippen molar-refractivity contribution in [1.82, 2.24) is 15.0 Å². The maximum atomic E-state index is 13.2. The molecule has 8 heteroatoms. The SMILES string of the molecule is CC1(C)Nc2ncc(-c3ccc(C(C)(C)O)nc3)nc2N(CCC2CCOCC2)C1=O. The average molecular weight is 426 g/mol. The molecule has 1 saturated heterocycles. The maximum Gasteiger partial charge on any atom is 0.253 e. The zero-order valence-electron chi connectivity index (χ0n) is 18.7. The van der Waals surface area contributed by atoms with E-state index in [-0.39, 0.29) is 5.91 Å². The minimum absolute atomic E-state index is 0.00554. The van der Waals surface area contributed by atoms with Gasteiger partial charge in [-0.1, -0.05) is 0 Å². The molecule has 0 spiro atoms. The first-order chi connectivity index (χ1) is 14.6. The molecule has 4 rings (SSSR count). The number of rotatable bonds is 5. The molecule has 1 fully saturated rings. The van der Waals surface area contributed by atoms with Gasteiger partial charge < -0.3 is 15.2 Å². The summed E-state index contributed by atoms with van der Waals surface area (Å²) >= 11 is 0. The Kier molecular flexibility index (Phi) is 5.70. The number of carbonyl (C=O) groups is 1. The fourth-order valence-electron chi connectivity index (χ4n) is 4.04. The van der Waals surface area contributed by atoms with Crippen LogP contribution in [0.25, 0.3) is 11.3 Å². The van der Waals surface area contributed by atoms with Crippen molar-refractivity contribution in [3.63, 3.8) is 0 Å². The normalized spacial score (nSPS) is 19.1. The summed E-state index contributed by atoms with van der Waals surface area (Å²) in [4.78, 5) is 28.7. The molecule has 166 valence electrons. The number of hydrogen-bond donors (Lipinski definition) is 2. The van der Waals surface area contributed by atoms with Gasteiger partial charge in [0.05, 0.1) is 17.6 Å². The van der Waals surface area contributed by atoms with Crippen molar-refractivity contribution < 1.29 is 14.6 Å². The molecule has 2 aliphatic rings. The molecule has 0 radical (unpaired) electrons. The lowest BCUT2D eigenvalue weighted by Gasteiger charge is -2.39. The molecule has 4 heterocycles. The van der Waals surface area contributed by atoms with Crippen LogP contribution in [0.2, 0.25) is 0 Å². The topological polar surface area (TPSA) is 100 Å². The van der Waals surface area contributed by atoms with E-state index >= 15 is 0 Å². The van der Waals surface area contributed by atoms with E-state index in [1.807, 2.05) is 19.9 Å². The van der Waals surface area contributed by atoms with E-state index in [0.717, 1.165) is 38.0 Å². The molecule has 0 aromatic carbocycles. The van der Waals surface area contributed by atoms with Gasteiger partial charge in [-0.3, -0.25) is 14.7 Å². The summed E-state index contributed by atoms with van der Waals surface area (Å²) in [6.45, 7) is 9.32. The van der Waals surface area contributed by atoms with E-state index in [0.29, 0.717) is 35.5 Å². The summed E-state index contributed by atoms with van der Waals surface area (Å²) in [5.74, 6) is 1.72. The maximum absolute atomic E-state index is 13.2. The Balaban J connectivity index is 1.63. The summed E-state index contributed by atoms with van der Waals surface area (Å²) in [5.41, 5.74) is 0.250. The van der Waals surface area contributed by atoms with E-state index in [9.17, 15) is 9.90 Å². The Hall–Kier alpha value is -2.58. The van der Waals surface area contributed by atoms with E-state index < -0.39 is 11.1 Å². The van der Waals surface area contributed by atoms with Crippen molar-refractivity contribution >= 4 is 17.5 Å². The Morgan fingerprint density at radius 3 is 2.61 bits per heavy atom. The van der Waals surface area contributed by atoms with Crippen LogP contribution < -0.4 is 10.2 Å². The highest BCUT2D eigenvalue weighted by Crippen LogP contribution is 2.35. The van der Waals surface area contributed by atoms with Crippen LogP contribution in [0, 0.1) is 5.92 Å². The molecule has 0 atom stereocenters. The number of fused-ring (bicyclic) bond motifs is 1. The molecular formula is C23H31N5O3. The molecule has 0 aliphatic carbocycles. The average Bonchev–Trinajstić information content (AvgIpc) is 2.74. The lowest BCUT2D eigenvalue weighted by atomic mass is 9.95. The number of nitrogens with zero attached hydrogens (tertiary/aromatic N) is 4. The smallest absolute Gasteiger partial charge is 0.253 e. The van der Waals surface area contributed by atoms with Gasteiger partial charge >= 0.3 is 0 Å². The Bertz CT molecular complexity index is 947. The first kappa shape index (κ1) is 21.6. The number of amides is 1. The largest absolute Gasteiger partial charge is 0.384 e. The number of pyridine rings is 1. The van der Waals surface area contributed by atoms with Crippen LogP contribution in [0.4, 0.5) is 11.6 Å². The Labute approximate surface area is 183 Å². The molecule has 2 N–H and O–H groups in total. The second-order valence-corrected chi connectivity index (χ2v) is 9.47. The molecule has 0 bridgehead atoms. The first-order valence-corrected chi connectivity index (χ1v) is 10.9. The zero-order chi connectivity index (χ0) is 22.2. The van der Waals surface area contributed by atoms with Gasteiger partial charge in [0.15, 0.2) is 11.6 Å². The summed E-state index contributed by atoms with van der Waals surface area (Å²) in [6.07, 6.45) is 6.34. The third-order valence-electron chi connectivity index (χ3n) is 6.01. The van der Waals surface area contributed by atoms with Crippen LogP contribution in [0.3, 0.4) is 0 Å². The lowest BCUT2D eigenvalue weighted by molar-refractivity contribution is -0.122. The second kappa shape index (κ2) is 8.16. The fourth-order valence-corrected chi connectivity index (χ4v) is 4.04. The first-order valence-electron chi connectivity index (χ1n) is 10.9. The summed E-state index contributed by atoms with van der Waals surface area (Å²) in [5, 5.41) is 13.4. The lowest BCUT2D eigenvalue weighted by Crippen LogP contribution is -2.55. The van der Waals surface area contributed by atoms with Crippen molar-refractivity contribution in [3.8, 4) is 11.3 Å². The van der Waals surface area contributed by atoms with E-state index in [1.54, 1.807) is 37.2 Å². The molecule has 2 aliphatic heterocycles. The van der Waals surface area contributed by atoms with Gasteiger partial charge in [-0.2, -0.15) is 0 Å². The van der Waals surface area contributed by atoms with E-state index in [1.165, 1.54) is 0 Å². The molecule has 31 heavy (non-hydrogen) atoms. The number of nitrogens with one attached hydrogen (secondary N) is 1. The third kappa shape index (κ3) is 4.55. The molecular weight excluding hydrogens is 394 g/mol. The van der Waals surface area contributed by atoms with Crippen LogP contribution in [-0.4, -0.2) is 51.3 Å². The summed E-state index contributed by atoms with van der Waals surface area (Å²) in [6, 6.07) is 3.65. The van der Waals surface area contributed by atoms with E-state index in [4.69, 9.17) is 9.72 Å². The predicted molar refractivity (Wildman–Crippen MR) is 119 cm³/mol. The minimum Gasteiger partial charge on any atom is -0.384 e. The van der Waals surface area contributed by atoms with Gasteiger partial charge in [0, 0.05) is 31.5 Å². The molecule has 2 aromatic rings. The van der Waals surface area contributed by atoms with Gasteiger partial charge in [0.1, 0.15) is 11.1 Å². The Morgan fingerprint density at radius 2 is 1.97 bits per heavy atom. The van der Waals surface area contributed by atoms with Crippen molar-refractivity contribution in [2.75, 3.05) is 30.0 Å². The van der Waals surface area contributed by atoms with Crippen molar-refractivity contribution in [3.05, 3.63) is 30.2 Å². The summed E-state index contributed by atoms with van der Waals surface area (Å²) < 4.78 is 5.46. The number of aromatic nitrogens is 3. The van der Waals surface area contributed by atoms with Crippen molar-refractivity contribution in [2.24, 2.45) is 5.92 Å². The van der Waals surface area contributed by atoms with Gasteiger partial charge in [-0.15, -0.1) is 0 Å². The zero-order valence-corrected chi connectivity index (χ0v) is 18.7. The monoisotopic (exact) mass is 425 g/mol. The van der Waals surface area contributed by atoms with Gasteiger partial charge in [0.2, 0.25) is 0 Å². The molecule has 1 amide bonds. The summed E-state index contributed by atoms with van der Waals surface area (Å²) in [7, 11) is 0. The number of anilines is 2. The van der Waals surface area contributed by atoms with Crippen LogP contribution in [0.5, 0.6) is 0 Å². The standard InChI is InChI=1S/C23H31N5O3/c1-22(2)21(29)28(10-7-15-8-11-31-12-9-15)20-19(27-22)25-14-17(26-20)16-5-6-18(24-13-16)23(3,4)30/h5-6,13-15,30H,7-12H2,1-4H3,(H,25,27). The minimum atomic E-state index is -1.01. The van der Waals surface area contributed by atoms with Crippen LogP contribution in [-0.2, 0) is 15.1 Å². The highest BCUT2D eigenvalue weighted by atomic mass is 16.5. The van der Waals surface area contributed by atoms with Crippen LogP contribution in [0.15, 0.2) is 24.5 Å². The van der Waals surface area contributed by atoms with Gasteiger partial charge in [-0.05, 0) is 65.0 Å². The highest BCUT2D eigenvalue weighted by molar-refractivity contribution is 6.05. The van der Waals surface area contributed by atoms with E-state index in [2.05, 4.69) is 15.3 Å². The number of aliphatic hydroxyl groups is 1. The Morgan fingerprint density at radius 1 is 1.23 bits per heavy atom.